The summed E-state index contributed by atoms with van der Waals surface area (Å²) >= 11 is 0. The van der Waals surface area contributed by atoms with Gasteiger partial charge in [0.2, 0.25) is 5.91 Å². The Kier molecular flexibility index (Phi) is 61.5. The molecule has 17 atom stereocenters. The minimum absolute atomic E-state index is 0.232. The van der Waals surface area contributed by atoms with Crippen molar-refractivity contribution in [3.8, 4) is 0 Å². The van der Waals surface area contributed by atoms with Crippen LogP contribution in [0.25, 0.3) is 0 Å². The lowest BCUT2D eigenvalue weighted by molar-refractivity contribution is -0.379. The molecule has 0 aliphatic carbocycles. The third-order valence-corrected chi connectivity index (χ3v) is 20.9. The minimum atomic E-state index is -1.99. The third-order valence-electron chi connectivity index (χ3n) is 20.9. The van der Waals surface area contributed by atoms with Crippen molar-refractivity contribution >= 4 is 5.91 Å². The molecular weight excluding hydrogens is 1360 g/mol. The van der Waals surface area contributed by atoms with Gasteiger partial charge >= 0.3 is 0 Å². The first-order valence-corrected chi connectivity index (χ1v) is 43.0. The van der Waals surface area contributed by atoms with Crippen LogP contribution in [0.3, 0.4) is 0 Å². The maximum absolute atomic E-state index is 13.5. The lowest BCUT2D eigenvalue weighted by Gasteiger charge is -2.48. The Balaban J connectivity index is 1.35. The molecule has 0 aromatic carbocycles. The van der Waals surface area contributed by atoms with Crippen molar-refractivity contribution in [3.05, 3.63) is 97.2 Å². The number of allylic oxidation sites excluding steroid dienone is 15. The number of aliphatic hydroxyl groups is 11. The van der Waals surface area contributed by atoms with E-state index in [9.17, 15) is 61.0 Å². The standard InChI is InChI=1S/C88H155NO18/c1-3-5-7-9-11-13-15-17-19-21-23-25-27-29-31-32-33-34-35-36-37-38-40-42-44-46-48-50-52-54-56-58-60-62-64-66-76(94)89-71(72(93)65-63-61-59-57-55-53-51-49-47-45-43-41-39-30-28-26-24-22-20-18-16-14-12-10-8-6-4-2)70-102-86-82(100)79(97)84(74(68-91)104-86)107-88-83(101)80(98)85(75(69-92)105-88)106-87-81(99)78(96)77(95)73(67-90)103-87/h5,7,11,13,17,19,23,25,29,31,33-34,55,57,63,65,71-75,77-88,90-93,95-101H,3-4,6,8-10,12,14-16,18,20-22,24,26-28,30,32,35-54,56,58-62,64,66-70H2,1-2H3,(H,89,94)/b7-5-,13-11-,19-17-,25-23-,31-29-,34-33-,57-55+,65-63+. The summed E-state index contributed by atoms with van der Waals surface area (Å²) in [5.74, 6) is -0.284. The summed E-state index contributed by atoms with van der Waals surface area (Å²) in [6, 6.07) is -0.996. The van der Waals surface area contributed by atoms with Crippen LogP contribution in [-0.4, -0.2) is 193 Å². The van der Waals surface area contributed by atoms with E-state index in [1.807, 2.05) is 6.08 Å². The topological polar surface area (TPSA) is 307 Å². The zero-order valence-electron chi connectivity index (χ0n) is 66.6. The number of hydrogen-bond donors (Lipinski definition) is 12. The van der Waals surface area contributed by atoms with E-state index >= 15 is 0 Å². The highest BCUT2D eigenvalue weighted by molar-refractivity contribution is 5.76. The summed E-state index contributed by atoms with van der Waals surface area (Å²) in [6.07, 6.45) is 65.4. The molecule has 107 heavy (non-hydrogen) atoms. The van der Waals surface area contributed by atoms with Crippen molar-refractivity contribution in [1.82, 2.24) is 5.32 Å². The predicted molar refractivity (Wildman–Crippen MR) is 429 cm³/mol. The van der Waals surface area contributed by atoms with E-state index in [1.165, 1.54) is 212 Å². The van der Waals surface area contributed by atoms with Crippen LogP contribution in [-0.2, 0) is 33.2 Å². The van der Waals surface area contributed by atoms with Crippen LogP contribution in [0.4, 0.5) is 0 Å². The molecular formula is C88H155NO18. The van der Waals surface area contributed by atoms with Gasteiger partial charge < -0.3 is 89.9 Å². The highest BCUT2D eigenvalue weighted by Crippen LogP contribution is 2.33. The lowest BCUT2D eigenvalue weighted by Crippen LogP contribution is -2.66. The van der Waals surface area contributed by atoms with Crippen molar-refractivity contribution in [2.24, 2.45) is 0 Å². The molecule has 0 bridgehead atoms. The fourth-order valence-electron chi connectivity index (χ4n) is 14.0. The van der Waals surface area contributed by atoms with Crippen LogP contribution in [0.1, 0.15) is 322 Å². The van der Waals surface area contributed by atoms with Gasteiger partial charge in [-0.3, -0.25) is 4.79 Å². The molecule has 3 rings (SSSR count). The zero-order chi connectivity index (χ0) is 77.4. The highest BCUT2D eigenvalue weighted by atomic mass is 16.8. The number of amides is 1. The van der Waals surface area contributed by atoms with Gasteiger partial charge in [0, 0.05) is 6.42 Å². The molecule has 3 saturated heterocycles. The third kappa shape index (κ3) is 46.5. The van der Waals surface area contributed by atoms with Gasteiger partial charge in [-0.1, -0.05) is 329 Å². The Morgan fingerprint density at radius 3 is 1.05 bits per heavy atom. The second-order valence-corrected chi connectivity index (χ2v) is 30.3. The molecule has 19 heteroatoms. The van der Waals surface area contributed by atoms with Gasteiger partial charge in [-0.15, -0.1) is 0 Å². The van der Waals surface area contributed by atoms with Crippen molar-refractivity contribution < 1.29 is 89.4 Å². The van der Waals surface area contributed by atoms with Gasteiger partial charge in [0.15, 0.2) is 18.9 Å². The summed E-state index contributed by atoms with van der Waals surface area (Å²) < 4.78 is 34.5. The Morgan fingerprint density at radius 2 is 0.654 bits per heavy atom. The number of nitrogens with one attached hydrogen (secondary N) is 1. The van der Waals surface area contributed by atoms with E-state index in [2.05, 4.69) is 104 Å². The second kappa shape index (κ2) is 67.2. The minimum Gasteiger partial charge on any atom is -0.394 e. The molecule has 620 valence electrons. The molecule has 19 nitrogen and oxygen atoms in total. The van der Waals surface area contributed by atoms with Crippen LogP contribution in [0.5, 0.6) is 0 Å². The Bertz CT molecular complexity index is 2310. The van der Waals surface area contributed by atoms with E-state index in [4.69, 9.17) is 28.4 Å². The van der Waals surface area contributed by atoms with E-state index < -0.39 is 124 Å². The molecule has 0 radical (unpaired) electrons. The second-order valence-electron chi connectivity index (χ2n) is 30.3. The fraction of sp³-hybridized carbons (Fsp3) is 0.807. The van der Waals surface area contributed by atoms with Gasteiger partial charge in [0.1, 0.15) is 73.2 Å². The maximum atomic E-state index is 13.5. The monoisotopic (exact) mass is 1510 g/mol. The molecule has 12 N–H and O–H groups in total. The van der Waals surface area contributed by atoms with Gasteiger partial charge in [-0.05, 0) is 83.5 Å². The molecule has 0 spiro atoms. The average Bonchev–Trinajstić information content (AvgIpc) is 0.781. The first kappa shape index (κ1) is 97.9. The van der Waals surface area contributed by atoms with Crippen LogP contribution in [0.2, 0.25) is 0 Å². The number of unbranched alkanes of at least 4 members (excludes halogenated alkanes) is 38. The van der Waals surface area contributed by atoms with Crippen molar-refractivity contribution in [2.45, 2.75) is 426 Å². The maximum Gasteiger partial charge on any atom is 0.220 e. The number of rotatable bonds is 68. The number of carbonyl (C=O) groups excluding carboxylic acids is 1. The molecule has 0 aromatic heterocycles. The molecule has 3 fully saturated rings. The van der Waals surface area contributed by atoms with Crippen LogP contribution in [0, 0.1) is 0 Å². The molecule has 3 aliphatic rings. The number of carbonyl (C=O) groups is 1. The number of ether oxygens (including phenoxy) is 6. The quantitative estimate of drug-likeness (QED) is 0.0199. The highest BCUT2D eigenvalue weighted by Gasteiger charge is 2.54. The van der Waals surface area contributed by atoms with Gasteiger partial charge in [0.05, 0.1) is 38.6 Å². The van der Waals surface area contributed by atoms with Crippen molar-refractivity contribution in [2.75, 3.05) is 26.4 Å². The lowest BCUT2D eigenvalue weighted by atomic mass is 9.96. The van der Waals surface area contributed by atoms with Crippen molar-refractivity contribution in [1.29, 1.82) is 0 Å². The first-order chi connectivity index (χ1) is 52.3. The van der Waals surface area contributed by atoms with Crippen LogP contribution in [0.15, 0.2) is 97.2 Å². The van der Waals surface area contributed by atoms with E-state index in [0.717, 1.165) is 77.0 Å². The Labute approximate surface area is 647 Å². The molecule has 3 aliphatic heterocycles. The average molecular weight is 1520 g/mol. The predicted octanol–water partition coefficient (Wildman–Crippen LogP) is 15.5. The largest absolute Gasteiger partial charge is 0.394 e. The summed E-state index contributed by atoms with van der Waals surface area (Å²) in [5, 5.41) is 121. The van der Waals surface area contributed by atoms with Crippen LogP contribution < -0.4 is 5.32 Å². The SMILES string of the molecule is CC/C=C\C/C=C\C/C=C\C/C=C\C/C=C\C/C=C\CCCCCCCCCCCCCCCCCCC(=O)NC(COC1OC(CO)C(OC2OC(CO)C(OC3OC(CO)C(O)C(O)C3O)C(O)C2O)C(O)C1O)C(O)/C=C/CC/C=C/CCCCCCCCCCCCCCCCCCCCCCC. The molecule has 0 saturated carbocycles. The molecule has 1 amide bonds. The van der Waals surface area contributed by atoms with Gasteiger partial charge in [0.25, 0.3) is 0 Å². The van der Waals surface area contributed by atoms with E-state index in [0.29, 0.717) is 12.8 Å². The Hall–Kier alpha value is -3.29. The number of hydrogen-bond acceptors (Lipinski definition) is 18. The van der Waals surface area contributed by atoms with E-state index in [-0.39, 0.29) is 18.9 Å². The van der Waals surface area contributed by atoms with Gasteiger partial charge in [-0.2, -0.15) is 0 Å². The van der Waals surface area contributed by atoms with Gasteiger partial charge in [-0.25, -0.2) is 0 Å². The summed E-state index contributed by atoms with van der Waals surface area (Å²) in [4.78, 5) is 13.5. The van der Waals surface area contributed by atoms with E-state index in [1.54, 1.807) is 6.08 Å². The Morgan fingerprint density at radius 1 is 0.346 bits per heavy atom. The molecule has 3 heterocycles. The smallest absolute Gasteiger partial charge is 0.220 e. The zero-order valence-corrected chi connectivity index (χ0v) is 66.6. The number of aliphatic hydroxyl groups excluding tert-OH is 11. The summed E-state index contributed by atoms with van der Waals surface area (Å²) in [6.45, 7) is 1.64. The normalized spacial score (nSPS) is 26.0. The molecule has 17 unspecified atom stereocenters. The fourth-order valence-corrected chi connectivity index (χ4v) is 14.0. The summed E-state index contributed by atoms with van der Waals surface area (Å²) in [7, 11) is 0. The van der Waals surface area contributed by atoms with Crippen molar-refractivity contribution in [3.63, 3.8) is 0 Å². The van der Waals surface area contributed by atoms with Crippen LogP contribution >= 0.6 is 0 Å². The summed E-state index contributed by atoms with van der Waals surface area (Å²) in [5.41, 5.74) is 0. The first-order valence-electron chi connectivity index (χ1n) is 43.0. The molecule has 0 aromatic rings.